The maximum atomic E-state index is 11.5. The first-order valence-electron chi connectivity index (χ1n) is 4.68. The Morgan fingerprint density at radius 2 is 2.35 bits per heavy atom. The van der Waals surface area contributed by atoms with Gasteiger partial charge in [0.2, 0.25) is 11.0 Å². The van der Waals surface area contributed by atoms with Gasteiger partial charge in [-0.2, -0.15) is 0 Å². The van der Waals surface area contributed by atoms with Crippen molar-refractivity contribution >= 4 is 51.0 Å². The van der Waals surface area contributed by atoms with E-state index in [0.29, 0.717) is 10.9 Å². The number of anilines is 1. The van der Waals surface area contributed by atoms with Crippen molar-refractivity contribution in [3.63, 3.8) is 0 Å². The smallest absolute Gasteiger partial charge is 0.250 e. The molecule has 0 radical (unpaired) electrons. The molecule has 0 atom stereocenters. The molecule has 1 amide bonds. The first kappa shape index (κ1) is 12.2. The average molecular weight is 361 g/mol. The predicted octanol–water partition coefficient (Wildman–Crippen LogP) is 2.70. The number of hydrogen-bond acceptors (Lipinski definition) is 5. The monoisotopic (exact) mass is 361 g/mol. The Labute approximate surface area is 115 Å². The highest BCUT2D eigenvalue weighted by Gasteiger charge is 2.03. The molecule has 0 spiro atoms. The van der Waals surface area contributed by atoms with Crippen molar-refractivity contribution in [2.45, 2.75) is 6.92 Å². The van der Waals surface area contributed by atoms with Crippen molar-refractivity contribution in [1.29, 1.82) is 0 Å². The molecule has 0 aliphatic heterocycles. The fourth-order valence-electron chi connectivity index (χ4n) is 1.07. The van der Waals surface area contributed by atoms with E-state index in [1.165, 1.54) is 17.4 Å². The molecule has 2 aromatic rings. The van der Waals surface area contributed by atoms with Crippen LogP contribution in [-0.4, -0.2) is 16.1 Å². The first-order valence-corrected chi connectivity index (χ1v) is 6.57. The van der Waals surface area contributed by atoms with Crippen LogP contribution in [0.15, 0.2) is 22.6 Å². The molecule has 88 valence electrons. The third kappa shape index (κ3) is 3.63. The lowest BCUT2D eigenvalue weighted by Crippen LogP contribution is -2.07. The van der Waals surface area contributed by atoms with Crippen molar-refractivity contribution in [3.05, 3.63) is 32.7 Å². The third-order valence-electron chi connectivity index (χ3n) is 1.75. The van der Waals surface area contributed by atoms with Crippen LogP contribution in [0.4, 0.5) is 5.13 Å². The van der Waals surface area contributed by atoms with Gasteiger partial charge in [0.15, 0.2) is 3.77 Å². The molecule has 5 nitrogen and oxygen atoms in total. The Bertz CT molecular complexity index is 561. The molecule has 1 N–H and O–H groups in total. The zero-order valence-electron chi connectivity index (χ0n) is 8.81. The summed E-state index contributed by atoms with van der Waals surface area (Å²) in [6.07, 6.45) is 3.00. The van der Waals surface area contributed by atoms with Gasteiger partial charge < -0.3 is 4.42 Å². The summed E-state index contributed by atoms with van der Waals surface area (Å²) >= 11 is 3.39. The molecule has 7 heteroatoms. The third-order valence-corrected chi connectivity index (χ3v) is 3.08. The van der Waals surface area contributed by atoms with Crippen molar-refractivity contribution in [3.8, 4) is 0 Å². The standard InChI is InChI=1S/C10H8IN3O2S/c1-6-13-14-10(17-6)12-9(15)5-3-7-2-4-8(11)16-7/h2-5H,1H3,(H,12,14,15)/b5-3+. The summed E-state index contributed by atoms with van der Waals surface area (Å²) in [6, 6.07) is 3.62. The highest BCUT2D eigenvalue weighted by atomic mass is 127. The minimum absolute atomic E-state index is 0.257. The number of rotatable bonds is 3. The van der Waals surface area contributed by atoms with E-state index in [1.807, 2.05) is 13.0 Å². The van der Waals surface area contributed by atoms with E-state index < -0.39 is 0 Å². The first-order chi connectivity index (χ1) is 8.13. The Kier molecular flexibility index (Phi) is 3.89. The van der Waals surface area contributed by atoms with Crippen molar-refractivity contribution in [1.82, 2.24) is 10.2 Å². The molecule has 0 aliphatic carbocycles. The molecular weight excluding hydrogens is 353 g/mol. The number of amides is 1. The second-order valence-corrected chi connectivity index (χ2v) is 5.34. The summed E-state index contributed by atoms with van der Waals surface area (Å²) in [6.45, 7) is 1.83. The SMILES string of the molecule is Cc1nnc(NC(=O)/C=C/c2ccc(I)o2)s1. The maximum Gasteiger partial charge on any atom is 0.250 e. The molecule has 0 bridgehead atoms. The van der Waals surface area contributed by atoms with Crippen LogP contribution in [0.5, 0.6) is 0 Å². The molecule has 2 heterocycles. The van der Waals surface area contributed by atoms with Gasteiger partial charge in [0.1, 0.15) is 10.8 Å². The number of hydrogen-bond donors (Lipinski definition) is 1. The van der Waals surface area contributed by atoms with Crippen LogP contribution >= 0.6 is 33.9 Å². The van der Waals surface area contributed by atoms with Gasteiger partial charge in [-0.05, 0) is 47.7 Å². The zero-order chi connectivity index (χ0) is 12.3. The highest BCUT2D eigenvalue weighted by Crippen LogP contribution is 2.14. The molecule has 17 heavy (non-hydrogen) atoms. The van der Waals surface area contributed by atoms with Gasteiger partial charge >= 0.3 is 0 Å². The summed E-state index contributed by atoms with van der Waals surface area (Å²) in [4.78, 5) is 11.5. The number of aryl methyl sites for hydroxylation is 1. The highest BCUT2D eigenvalue weighted by molar-refractivity contribution is 14.1. The fraction of sp³-hybridized carbons (Fsp3) is 0.100. The normalized spacial score (nSPS) is 10.9. The number of halogens is 1. The van der Waals surface area contributed by atoms with Gasteiger partial charge in [0.05, 0.1) is 0 Å². The van der Waals surface area contributed by atoms with E-state index in [4.69, 9.17) is 4.42 Å². The molecule has 0 aliphatic rings. The fourth-order valence-corrected chi connectivity index (χ4v) is 2.10. The van der Waals surface area contributed by atoms with Crippen LogP contribution in [0.1, 0.15) is 10.8 Å². The quantitative estimate of drug-likeness (QED) is 0.674. The molecule has 0 saturated heterocycles. The maximum absolute atomic E-state index is 11.5. The number of carbonyl (C=O) groups is 1. The Hall–Kier alpha value is -1.22. The van der Waals surface area contributed by atoms with E-state index in [0.717, 1.165) is 8.77 Å². The molecule has 2 aromatic heterocycles. The number of nitrogens with zero attached hydrogens (tertiary/aromatic N) is 2. The van der Waals surface area contributed by atoms with Crippen molar-refractivity contribution in [2.24, 2.45) is 0 Å². The Morgan fingerprint density at radius 1 is 1.53 bits per heavy atom. The molecule has 2 rings (SSSR count). The second kappa shape index (κ2) is 5.41. The van der Waals surface area contributed by atoms with E-state index in [9.17, 15) is 4.79 Å². The van der Waals surface area contributed by atoms with Crippen molar-refractivity contribution in [2.75, 3.05) is 5.32 Å². The summed E-state index contributed by atoms with van der Waals surface area (Å²) < 4.78 is 6.06. The van der Waals surface area contributed by atoms with Gasteiger partial charge in [-0.25, -0.2) is 0 Å². The molecule has 0 saturated carbocycles. The lowest BCUT2D eigenvalue weighted by molar-refractivity contribution is -0.111. The Balaban J connectivity index is 1.95. The summed E-state index contributed by atoms with van der Waals surface area (Å²) in [7, 11) is 0. The van der Waals surface area contributed by atoms with Crippen LogP contribution in [0.25, 0.3) is 6.08 Å². The van der Waals surface area contributed by atoms with Gasteiger partial charge in [-0.1, -0.05) is 11.3 Å². The lowest BCUT2D eigenvalue weighted by atomic mass is 10.4. The lowest BCUT2D eigenvalue weighted by Gasteiger charge is -1.93. The topological polar surface area (TPSA) is 68.0 Å². The molecule has 0 fully saturated rings. The number of furan rings is 1. The van der Waals surface area contributed by atoms with Crippen LogP contribution < -0.4 is 5.32 Å². The minimum atomic E-state index is -0.257. The van der Waals surface area contributed by atoms with Crippen LogP contribution in [0.3, 0.4) is 0 Å². The Morgan fingerprint density at radius 3 is 2.94 bits per heavy atom. The van der Waals surface area contributed by atoms with E-state index in [1.54, 1.807) is 12.1 Å². The molecular formula is C10H8IN3O2S. The number of nitrogens with one attached hydrogen (secondary N) is 1. The van der Waals surface area contributed by atoms with Gasteiger partial charge in [-0.15, -0.1) is 10.2 Å². The van der Waals surface area contributed by atoms with Gasteiger partial charge in [0.25, 0.3) is 0 Å². The predicted molar refractivity (Wildman–Crippen MR) is 73.7 cm³/mol. The van der Waals surface area contributed by atoms with Crippen LogP contribution in [0.2, 0.25) is 0 Å². The van der Waals surface area contributed by atoms with Crippen LogP contribution in [0, 0.1) is 10.7 Å². The van der Waals surface area contributed by atoms with Gasteiger partial charge in [0, 0.05) is 6.08 Å². The average Bonchev–Trinajstić information content (AvgIpc) is 2.85. The van der Waals surface area contributed by atoms with Crippen LogP contribution in [-0.2, 0) is 4.79 Å². The zero-order valence-corrected chi connectivity index (χ0v) is 11.8. The van der Waals surface area contributed by atoms with E-state index in [-0.39, 0.29) is 5.91 Å². The largest absolute Gasteiger partial charge is 0.451 e. The van der Waals surface area contributed by atoms with E-state index in [2.05, 4.69) is 38.1 Å². The number of carbonyl (C=O) groups excluding carboxylic acids is 1. The minimum Gasteiger partial charge on any atom is -0.451 e. The number of aromatic nitrogens is 2. The van der Waals surface area contributed by atoms with Gasteiger partial charge in [-0.3, -0.25) is 10.1 Å². The van der Waals surface area contributed by atoms with Crippen molar-refractivity contribution < 1.29 is 9.21 Å². The summed E-state index contributed by atoms with van der Waals surface area (Å²) in [5, 5.41) is 11.5. The molecule has 0 aromatic carbocycles. The van der Waals surface area contributed by atoms with E-state index >= 15 is 0 Å². The molecule has 0 unspecified atom stereocenters. The second-order valence-electron chi connectivity index (χ2n) is 3.09. The summed E-state index contributed by atoms with van der Waals surface area (Å²) in [5.41, 5.74) is 0. The summed E-state index contributed by atoms with van der Waals surface area (Å²) in [5.74, 6) is 0.380.